The molecule has 1 aliphatic rings. The first-order chi connectivity index (χ1) is 11.0. The first-order valence-corrected chi connectivity index (χ1v) is 8.38. The second-order valence-corrected chi connectivity index (χ2v) is 6.52. The van der Waals surface area contributed by atoms with Gasteiger partial charge in [-0.05, 0) is 56.7 Å². The first kappa shape index (κ1) is 17.8. The highest BCUT2D eigenvalue weighted by Gasteiger charge is 2.23. The molecular formula is C18H28N2O3. The van der Waals surface area contributed by atoms with Crippen molar-refractivity contribution in [3.63, 3.8) is 0 Å². The van der Waals surface area contributed by atoms with Crippen LogP contribution in [-0.4, -0.2) is 41.8 Å². The average molecular weight is 320 g/mol. The fourth-order valence-corrected chi connectivity index (χ4v) is 2.82. The van der Waals surface area contributed by atoms with Gasteiger partial charge in [0.2, 0.25) is 0 Å². The molecule has 1 aromatic rings. The molecule has 128 valence electrons. The number of hydrogen-bond acceptors (Lipinski definition) is 3. The van der Waals surface area contributed by atoms with Crippen molar-refractivity contribution in [2.45, 2.75) is 46.3 Å². The molecule has 0 aliphatic carbocycles. The molecule has 2 amide bonds. The number of benzene rings is 1. The Bertz CT molecular complexity index is 531. The van der Waals surface area contributed by atoms with Crippen molar-refractivity contribution in [3.8, 4) is 0 Å². The molecule has 0 bridgehead atoms. The lowest BCUT2D eigenvalue weighted by molar-refractivity contribution is 0.0654. The van der Waals surface area contributed by atoms with Crippen molar-refractivity contribution >= 4 is 11.7 Å². The zero-order valence-corrected chi connectivity index (χ0v) is 14.3. The molecule has 23 heavy (non-hydrogen) atoms. The maximum Gasteiger partial charge on any atom is 0.321 e. The number of carbonyl (C=O) groups is 1. The zero-order valence-electron chi connectivity index (χ0n) is 14.3. The number of aliphatic hydroxyl groups excluding tert-OH is 1. The third-order valence-corrected chi connectivity index (χ3v) is 4.32. The van der Waals surface area contributed by atoms with E-state index in [1.807, 2.05) is 39.0 Å². The van der Waals surface area contributed by atoms with Gasteiger partial charge in [-0.15, -0.1) is 0 Å². The maximum absolute atomic E-state index is 12.5. The number of nitrogens with zero attached hydrogens (tertiary/aromatic N) is 1. The molecular weight excluding hydrogens is 292 g/mol. The second-order valence-electron chi connectivity index (χ2n) is 6.52. The third kappa shape index (κ3) is 4.94. The fraction of sp³-hybridized carbons (Fsp3) is 0.611. The summed E-state index contributed by atoms with van der Waals surface area (Å²) in [7, 11) is 0. The van der Waals surface area contributed by atoms with E-state index in [2.05, 4.69) is 5.32 Å². The number of carbonyl (C=O) groups excluding carboxylic acids is 1. The monoisotopic (exact) mass is 320 g/mol. The van der Waals surface area contributed by atoms with Crippen LogP contribution in [0.2, 0.25) is 0 Å². The van der Waals surface area contributed by atoms with Crippen molar-refractivity contribution in [1.82, 2.24) is 4.90 Å². The van der Waals surface area contributed by atoms with Crippen LogP contribution in [-0.2, 0) is 11.3 Å². The van der Waals surface area contributed by atoms with Gasteiger partial charge in [-0.3, -0.25) is 0 Å². The first-order valence-electron chi connectivity index (χ1n) is 8.38. The molecule has 0 spiro atoms. The minimum absolute atomic E-state index is 0.0897. The molecule has 5 nitrogen and oxygen atoms in total. The number of rotatable bonds is 5. The van der Waals surface area contributed by atoms with E-state index in [1.165, 1.54) is 0 Å². The van der Waals surface area contributed by atoms with Gasteiger partial charge in [-0.1, -0.05) is 12.1 Å². The van der Waals surface area contributed by atoms with E-state index in [-0.39, 0.29) is 24.7 Å². The predicted molar refractivity (Wildman–Crippen MR) is 91.5 cm³/mol. The number of hydrogen-bond donors (Lipinski definition) is 2. The van der Waals surface area contributed by atoms with Crippen LogP contribution in [0.1, 0.15) is 37.8 Å². The molecule has 0 aromatic heterocycles. The highest BCUT2D eigenvalue weighted by molar-refractivity contribution is 5.90. The van der Waals surface area contributed by atoms with Crippen LogP contribution in [0.5, 0.6) is 0 Å². The van der Waals surface area contributed by atoms with E-state index >= 15 is 0 Å². The fourth-order valence-electron chi connectivity index (χ4n) is 2.82. The van der Waals surface area contributed by atoms with Gasteiger partial charge in [0.25, 0.3) is 0 Å². The quantitative estimate of drug-likeness (QED) is 0.876. The lowest BCUT2D eigenvalue weighted by atomic mass is 9.99. The summed E-state index contributed by atoms with van der Waals surface area (Å²) in [4.78, 5) is 14.3. The van der Waals surface area contributed by atoms with Gasteiger partial charge in [0.05, 0.1) is 12.7 Å². The average Bonchev–Trinajstić information content (AvgIpc) is 2.55. The Morgan fingerprint density at radius 2 is 2.26 bits per heavy atom. The Labute approximate surface area is 138 Å². The van der Waals surface area contributed by atoms with E-state index in [0.29, 0.717) is 13.2 Å². The predicted octanol–water partition coefficient (Wildman–Crippen LogP) is 3.16. The Hall–Kier alpha value is -1.59. The number of piperidine rings is 1. The zero-order chi connectivity index (χ0) is 16.8. The molecule has 1 saturated heterocycles. The maximum atomic E-state index is 12.5. The van der Waals surface area contributed by atoms with Gasteiger partial charge < -0.3 is 20.1 Å². The van der Waals surface area contributed by atoms with Gasteiger partial charge >= 0.3 is 6.03 Å². The Kier molecular flexibility index (Phi) is 6.42. The Balaban J connectivity index is 2.01. The number of urea groups is 1. The van der Waals surface area contributed by atoms with E-state index < -0.39 is 0 Å². The normalized spacial score (nSPS) is 18.3. The number of ether oxygens (including phenoxy) is 1. The smallest absolute Gasteiger partial charge is 0.321 e. The molecule has 1 atom stereocenters. The summed E-state index contributed by atoms with van der Waals surface area (Å²) in [6.45, 7) is 8.08. The molecule has 1 fully saturated rings. The Morgan fingerprint density at radius 3 is 2.96 bits per heavy atom. The van der Waals surface area contributed by atoms with Crippen LogP contribution in [0, 0.1) is 12.8 Å². The van der Waals surface area contributed by atoms with E-state index in [4.69, 9.17) is 4.74 Å². The number of aliphatic hydroxyl groups is 1. The van der Waals surface area contributed by atoms with E-state index in [9.17, 15) is 9.90 Å². The standard InChI is InChI=1S/C18H28N2O3/c1-13(2)23-12-16-7-4-8-17(14(16)3)19-18(22)20-9-5-6-15(10-20)11-21/h4,7-8,13,15,21H,5-6,9-12H2,1-3H3,(H,19,22)/t15-/m0/s1. The van der Waals surface area contributed by atoms with Crippen LogP contribution >= 0.6 is 0 Å². The van der Waals surface area contributed by atoms with Crippen molar-refractivity contribution in [2.24, 2.45) is 5.92 Å². The van der Waals surface area contributed by atoms with Gasteiger partial charge in [0, 0.05) is 25.4 Å². The lowest BCUT2D eigenvalue weighted by Crippen LogP contribution is -2.43. The molecule has 0 unspecified atom stereocenters. The van der Waals surface area contributed by atoms with Crippen molar-refractivity contribution in [1.29, 1.82) is 0 Å². The summed E-state index contributed by atoms with van der Waals surface area (Å²) in [5.41, 5.74) is 2.95. The van der Waals surface area contributed by atoms with Gasteiger partial charge in [0.1, 0.15) is 0 Å². The topological polar surface area (TPSA) is 61.8 Å². The molecule has 2 rings (SSSR count). The van der Waals surface area contributed by atoms with Crippen LogP contribution in [0.15, 0.2) is 18.2 Å². The van der Waals surface area contributed by atoms with Gasteiger partial charge in [-0.2, -0.15) is 0 Å². The van der Waals surface area contributed by atoms with Crippen LogP contribution in [0.3, 0.4) is 0 Å². The molecule has 5 heteroatoms. The molecule has 1 aliphatic heterocycles. The second kappa shape index (κ2) is 8.31. The molecule has 1 aromatic carbocycles. The SMILES string of the molecule is Cc1c(COC(C)C)cccc1NC(=O)N1CCC[C@H](CO)C1. The van der Waals surface area contributed by atoms with Gasteiger partial charge in [-0.25, -0.2) is 4.79 Å². The summed E-state index contributed by atoms with van der Waals surface area (Å²) in [6, 6.07) is 5.79. The van der Waals surface area contributed by atoms with Crippen LogP contribution in [0.25, 0.3) is 0 Å². The summed E-state index contributed by atoms with van der Waals surface area (Å²) < 4.78 is 5.66. The molecule has 0 saturated carbocycles. The minimum atomic E-state index is -0.0897. The highest BCUT2D eigenvalue weighted by atomic mass is 16.5. The van der Waals surface area contributed by atoms with Crippen molar-refractivity contribution in [2.75, 3.05) is 25.0 Å². The number of anilines is 1. The molecule has 2 N–H and O–H groups in total. The van der Waals surface area contributed by atoms with Gasteiger partial charge in [0.15, 0.2) is 0 Å². The summed E-state index contributed by atoms with van der Waals surface area (Å²) in [6.07, 6.45) is 2.11. The van der Waals surface area contributed by atoms with E-state index in [0.717, 1.165) is 36.2 Å². The highest BCUT2D eigenvalue weighted by Crippen LogP contribution is 2.22. The third-order valence-electron chi connectivity index (χ3n) is 4.32. The van der Waals surface area contributed by atoms with Crippen molar-refractivity contribution < 1.29 is 14.6 Å². The largest absolute Gasteiger partial charge is 0.396 e. The van der Waals surface area contributed by atoms with E-state index in [1.54, 1.807) is 4.90 Å². The molecule has 1 heterocycles. The minimum Gasteiger partial charge on any atom is -0.396 e. The van der Waals surface area contributed by atoms with Crippen molar-refractivity contribution in [3.05, 3.63) is 29.3 Å². The summed E-state index contributed by atoms with van der Waals surface area (Å²) in [5.74, 6) is 0.196. The lowest BCUT2D eigenvalue weighted by Gasteiger charge is -2.32. The number of amides is 2. The Morgan fingerprint density at radius 1 is 1.48 bits per heavy atom. The summed E-state index contributed by atoms with van der Waals surface area (Å²) >= 11 is 0. The molecule has 0 radical (unpaired) electrons. The van der Waals surface area contributed by atoms with Crippen LogP contribution in [0.4, 0.5) is 10.5 Å². The number of nitrogens with one attached hydrogen (secondary N) is 1. The van der Waals surface area contributed by atoms with Crippen LogP contribution < -0.4 is 5.32 Å². The number of likely N-dealkylation sites (tertiary alicyclic amines) is 1. The summed E-state index contributed by atoms with van der Waals surface area (Å²) in [5, 5.41) is 12.3.